The number of hydrogen-bond donors (Lipinski definition) is 0. The highest BCUT2D eigenvalue weighted by Crippen LogP contribution is 2.25. The molecule has 1 fully saturated rings. The van der Waals surface area contributed by atoms with Crippen molar-refractivity contribution in [3.63, 3.8) is 0 Å². The minimum atomic E-state index is -0.488. The van der Waals surface area contributed by atoms with Crippen LogP contribution in [0, 0.1) is 5.41 Å². The Kier molecular flexibility index (Phi) is 10.9. The van der Waals surface area contributed by atoms with Crippen molar-refractivity contribution in [2.24, 2.45) is 5.41 Å². The van der Waals surface area contributed by atoms with Crippen LogP contribution in [0.3, 0.4) is 0 Å². The van der Waals surface area contributed by atoms with Crippen molar-refractivity contribution < 1.29 is 28.5 Å². The lowest BCUT2D eigenvalue weighted by molar-refractivity contribution is -0.211. The molecule has 6 heteroatoms. The molecule has 1 saturated heterocycles. The Morgan fingerprint density at radius 3 is 2.15 bits per heavy atom. The third-order valence-electron chi connectivity index (χ3n) is 5.32. The highest BCUT2D eigenvalue weighted by Gasteiger charge is 2.37. The van der Waals surface area contributed by atoms with Gasteiger partial charge in [-0.05, 0) is 39.5 Å². The lowest BCUT2D eigenvalue weighted by Crippen LogP contribution is -2.51. The Bertz CT molecular complexity index is 436. The maximum atomic E-state index is 11.8. The fraction of sp³-hybridized carbons (Fsp3) is 0.905. The largest absolute Gasteiger partial charge is 0.462 e. The molecule has 1 aliphatic rings. The van der Waals surface area contributed by atoms with Crippen molar-refractivity contribution in [2.75, 3.05) is 33.0 Å². The van der Waals surface area contributed by atoms with Gasteiger partial charge in [-0.1, -0.05) is 33.1 Å². The predicted molar refractivity (Wildman–Crippen MR) is 103 cm³/mol. The van der Waals surface area contributed by atoms with Gasteiger partial charge in [0, 0.05) is 13.0 Å². The van der Waals surface area contributed by atoms with Crippen LogP contribution in [0.25, 0.3) is 0 Å². The van der Waals surface area contributed by atoms with Crippen molar-refractivity contribution in [1.82, 2.24) is 0 Å². The summed E-state index contributed by atoms with van der Waals surface area (Å²) in [7, 11) is 0. The second kappa shape index (κ2) is 12.3. The van der Waals surface area contributed by atoms with Crippen molar-refractivity contribution in [2.45, 2.75) is 84.7 Å². The van der Waals surface area contributed by atoms with E-state index in [2.05, 4.69) is 6.92 Å². The second-order valence-electron chi connectivity index (χ2n) is 7.99. The second-order valence-corrected chi connectivity index (χ2v) is 7.99. The van der Waals surface area contributed by atoms with Gasteiger partial charge in [-0.2, -0.15) is 0 Å². The van der Waals surface area contributed by atoms with E-state index < -0.39 is 5.41 Å². The molecule has 1 heterocycles. The van der Waals surface area contributed by atoms with Crippen molar-refractivity contribution >= 4 is 11.9 Å². The Morgan fingerprint density at radius 1 is 0.926 bits per heavy atom. The molecule has 0 aromatic carbocycles. The Balaban J connectivity index is 1.90. The fourth-order valence-electron chi connectivity index (χ4n) is 2.61. The number of esters is 2. The molecule has 0 N–H and O–H groups in total. The molecule has 27 heavy (non-hydrogen) atoms. The van der Waals surface area contributed by atoms with Crippen LogP contribution in [-0.2, 0) is 28.5 Å². The van der Waals surface area contributed by atoms with Crippen LogP contribution in [0.5, 0.6) is 0 Å². The molecule has 0 atom stereocenters. The van der Waals surface area contributed by atoms with Gasteiger partial charge in [-0.15, -0.1) is 0 Å². The molecule has 0 unspecified atom stereocenters. The van der Waals surface area contributed by atoms with E-state index in [1.807, 2.05) is 20.8 Å². The Hall–Kier alpha value is -1.14. The first-order chi connectivity index (χ1) is 12.9. The van der Waals surface area contributed by atoms with Gasteiger partial charge in [0.15, 0.2) is 0 Å². The van der Waals surface area contributed by atoms with Crippen LogP contribution in [0.15, 0.2) is 0 Å². The van der Waals surface area contributed by atoms with Crippen LogP contribution in [0.2, 0.25) is 0 Å². The van der Waals surface area contributed by atoms with Gasteiger partial charge < -0.3 is 18.9 Å². The van der Waals surface area contributed by atoms with Crippen LogP contribution >= 0.6 is 0 Å². The summed E-state index contributed by atoms with van der Waals surface area (Å²) in [4.78, 5) is 23.4. The molecule has 0 aliphatic carbocycles. The molecule has 0 radical (unpaired) electrons. The van der Waals surface area contributed by atoms with Crippen LogP contribution in [0.1, 0.15) is 79.1 Å². The van der Waals surface area contributed by atoms with Crippen LogP contribution in [-0.4, -0.2) is 50.6 Å². The lowest BCUT2D eigenvalue weighted by atomic mass is 9.91. The van der Waals surface area contributed by atoms with Gasteiger partial charge in [0.2, 0.25) is 0 Å². The summed E-state index contributed by atoms with van der Waals surface area (Å²) in [5.74, 6) is -0.473. The topological polar surface area (TPSA) is 71.1 Å². The zero-order valence-electron chi connectivity index (χ0n) is 17.6. The van der Waals surface area contributed by atoms with Crippen molar-refractivity contribution in [1.29, 1.82) is 0 Å². The normalized spacial score (nSPS) is 15.9. The maximum Gasteiger partial charge on any atom is 0.311 e. The van der Waals surface area contributed by atoms with E-state index in [0.717, 1.165) is 58.3 Å². The summed E-state index contributed by atoms with van der Waals surface area (Å²) >= 11 is 0. The van der Waals surface area contributed by atoms with E-state index in [4.69, 9.17) is 18.9 Å². The first kappa shape index (κ1) is 23.9. The average molecular weight is 387 g/mol. The SMILES string of the molecule is CCC1(OCCCCCCCC(=O)OCCOC(=O)C(C)(C)CC)COC1. The monoisotopic (exact) mass is 386 g/mol. The first-order valence-corrected chi connectivity index (χ1v) is 10.4. The molecular formula is C21H38O6. The third-order valence-corrected chi connectivity index (χ3v) is 5.32. The zero-order valence-corrected chi connectivity index (χ0v) is 17.6. The first-order valence-electron chi connectivity index (χ1n) is 10.4. The summed E-state index contributed by atoms with van der Waals surface area (Å²) < 4.78 is 21.4. The number of carbonyl (C=O) groups is 2. The summed E-state index contributed by atoms with van der Waals surface area (Å²) in [5, 5.41) is 0. The molecule has 158 valence electrons. The molecule has 1 rings (SSSR count). The molecule has 1 aliphatic heterocycles. The highest BCUT2D eigenvalue weighted by atomic mass is 16.6. The standard InChI is InChI=1S/C21H38O6/c1-5-20(3,4)19(23)26-15-14-25-18(22)12-10-8-7-9-11-13-27-21(6-2)16-24-17-21/h5-17H2,1-4H3. The van der Waals surface area contributed by atoms with E-state index >= 15 is 0 Å². The Labute approximate surface area is 164 Å². The van der Waals surface area contributed by atoms with Crippen LogP contribution < -0.4 is 0 Å². The van der Waals surface area contributed by atoms with Crippen molar-refractivity contribution in [3.05, 3.63) is 0 Å². The molecule has 0 bridgehead atoms. The van der Waals surface area contributed by atoms with E-state index in [0.29, 0.717) is 12.8 Å². The predicted octanol–water partition coefficient (Wildman–Crippen LogP) is 4.05. The number of unbranched alkanes of at least 4 members (excludes halogenated alkanes) is 4. The summed E-state index contributed by atoms with van der Waals surface area (Å²) in [6.45, 7) is 10.3. The molecule has 0 amide bonds. The van der Waals surface area contributed by atoms with Gasteiger partial charge in [-0.25, -0.2) is 0 Å². The number of carbonyl (C=O) groups excluding carboxylic acids is 2. The minimum Gasteiger partial charge on any atom is -0.462 e. The molecular weight excluding hydrogens is 348 g/mol. The maximum absolute atomic E-state index is 11.8. The Morgan fingerprint density at radius 2 is 1.56 bits per heavy atom. The zero-order chi connectivity index (χ0) is 20.2. The fourth-order valence-corrected chi connectivity index (χ4v) is 2.61. The third kappa shape index (κ3) is 9.06. The smallest absolute Gasteiger partial charge is 0.311 e. The molecule has 0 aromatic rings. The molecule has 0 saturated carbocycles. The summed E-state index contributed by atoms with van der Waals surface area (Å²) in [5.41, 5.74) is -0.512. The molecule has 0 spiro atoms. The van der Waals surface area contributed by atoms with Gasteiger partial charge in [0.05, 0.1) is 18.6 Å². The highest BCUT2D eigenvalue weighted by molar-refractivity contribution is 5.75. The van der Waals surface area contributed by atoms with Gasteiger partial charge in [0.1, 0.15) is 18.8 Å². The molecule has 0 aromatic heterocycles. The van der Waals surface area contributed by atoms with Gasteiger partial charge >= 0.3 is 11.9 Å². The van der Waals surface area contributed by atoms with Gasteiger partial charge in [0.25, 0.3) is 0 Å². The number of rotatable bonds is 15. The summed E-state index contributed by atoms with van der Waals surface area (Å²) in [6, 6.07) is 0. The lowest BCUT2D eigenvalue weighted by Gasteiger charge is -2.40. The number of ether oxygens (including phenoxy) is 4. The number of hydrogen-bond acceptors (Lipinski definition) is 6. The van der Waals surface area contributed by atoms with E-state index in [-0.39, 0.29) is 30.8 Å². The average Bonchev–Trinajstić information content (AvgIpc) is 2.62. The summed E-state index contributed by atoms with van der Waals surface area (Å²) in [6.07, 6.45) is 7.23. The van der Waals surface area contributed by atoms with Gasteiger partial charge in [-0.3, -0.25) is 9.59 Å². The molecule has 6 nitrogen and oxygen atoms in total. The van der Waals surface area contributed by atoms with Crippen molar-refractivity contribution in [3.8, 4) is 0 Å². The minimum absolute atomic E-state index is 0.0234. The van der Waals surface area contributed by atoms with Crippen LogP contribution in [0.4, 0.5) is 0 Å². The van der Waals surface area contributed by atoms with E-state index in [1.54, 1.807) is 0 Å². The van der Waals surface area contributed by atoms with E-state index in [1.165, 1.54) is 0 Å². The van der Waals surface area contributed by atoms with E-state index in [9.17, 15) is 9.59 Å². The quantitative estimate of drug-likeness (QED) is 0.312.